The minimum absolute atomic E-state index is 0.0633. The van der Waals surface area contributed by atoms with Crippen LogP contribution in [0.4, 0.5) is 0 Å². The third-order valence-electron chi connectivity index (χ3n) is 8.11. The SMILES string of the molecule is C[S@@](=O)C[C@](C)(O)[C@H]1OC(=O)C=C2[C@@]13O[C@@H]3[C@H]1OC(=O)[C@@]3(C)[C@H]4O[C@H]4C[C@@]2(C)[C@@H]13. The van der Waals surface area contributed by atoms with Gasteiger partial charge in [-0.2, -0.15) is 0 Å². The van der Waals surface area contributed by atoms with Crippen LogP contribution in [-0.4, -0.2) is 75.0 Å². The van der Waals surface area contributed by atoms with Crippen molar-refractivity contribution in [3.05, 3.63) is 11.6 Å². The Hall–Kier alpha value is -1.29. The molecule has 6 rings (SSSR count). The zero-order valence-electron chi connectivity index (χ0n) is 16.7. The molecule has 29 heavy (non-hydrogen) atoms. The van der Waals surface area contributed by atoms with E-state index in [1.54, 1.807) is 0 Å². The van der Waals surface area contributed by atoms with Crippen molar-refractivity contribution in [1.29, 1.82) is 0 Å². The molecule has 2 saturated carbocycles. The Morgan fingerprint density at radius 3 is 2.69 bits per heavy atom. The summed E-state index contributed by atoms with van der Waals surface area (Å²) in [6, 6.07) is 0. The Kier molecular flexibility index (Phi) is 3.16. The van der Waals surface area contributed by atoms with Crippen molar-refractivity contribution in [2.24, 2.45) is 16.7 Å². The molecule has 0 amide bonds. The summed E-state index contributed by atoms with van der Waals surface area (Å²) in [5, 5.41) is 11.2. The van der Waals surface area contributed by atoms with E-state index in [0.29, 0.717) is 6.42 Å². The van der Waals surface area contributed by atoms with Gasteiger partial charge in [0.25, 0.3) is 0 Å². The molecule has 1 N–H and O–H groups in total. The van der Waals surface area contributed by atoms with Crippen molar-refractivity contribution in [1.82, 2.24) is 0 Å². The molecule has 9 heteroatoms. The second kappa shape index (κ2) is 4.95. The summed E-state index contributed by atoms with van der Waals surface area (Å²) in [5.41, 5.74) is -3.24. The maximum Gasteiger partial charge on any atom is 0.331 e. The van der Waals surface area contributed by atoms with Gasteiger partial charge in [-0.05, 0) is 25.8 Å². The van der Waals surface area contributed by atoms with Gasteiger partial charge < -0.3 is 24.1 Å². The highest BCUT2D eigenvalue weighted by atomic mass is 32.2. The second-order valence-electron chi connectivity index (χ2n) is 10.1. The van der Waals surface area contributed by atoms with Gasteiger partial charge in [0.2, 0.25) is 0 Å². The van der Waals surface area contributed by atoms with E-state index < -0.39 is 57.1 Å². The molecule has 4 heterocycles. The number of hydrogen-bond donors (Lipinski definition) is 1. The lowest BCUT2D eigenvalue weighted by Gasteiger charge is -2.53. The summed E-state index contributed by atoms with van der Waals surface area (Å²) < 4.78 is 35.4. The van der Waals surface area contributed by atoms with Crippen LogP contribution in [0, 0.1) is 16.7 Å². The zero-order chi connectivity index (χ0) is 20.7. The normalized spacial score (nSPS) is 56.4. The summed E-state index contributed by atoms with van der Waals surface area (Å²) in [5.74, 6) is -1.10. The highest BCUT2D eigenvalue weighted by Gasteiger charge is 2.87. The number of rotatable bonds is 3. The van der Waals surface area contributed by atoms with Gasteiger partial charge in [0.15, 0.2) is 11.7 Å². The van der Waals surface area contributed by atoms with Gasteiger partial charge in [0, 0.05) is 34.5 Å². The number of hydrogen-bond acceptors (Lipinski definition) is 8. The van der Waals surface area contributed by atoms with Gasteiger partial charge in [-0.1, -0.05) is 6.92 Å². The van der Waals surface area contributed by atoms with E-state index in [-0.39, 0.29) is 29.8 Å². The lowest BCUT2D eigenvalue weighted by atomic mass is 9.47. The van der Waals surface area contributed by atoms with Gasteiger partial charge in [-0.25, -0.2) is 4.79 Å². The van der Waals surface area contributed by atoms with E-state index in [4.69, 9.17) is 18.9 Å². The van der Waals surface area contributed by atoms with Crippen molar-refractivity contribution >= 4 is 22.7 Å². The van der Waals surface area contributed by atoms with E-state index in [1.807, 2.05) is 13.8 Å². The molecular formula is C20H24O8S. The largest absolute Gasteiger partial charge is 0.459 e. The number of cyclic esters (lactones) is 1. The van der Waals surface area contributed by atoms with Crippen LogP contribution in [0.2, 0.25) is 0 Å². The highest BCUT2D eigenvalue weighted by molar-refractivity contribution is 7.84. The van der Waals surface area contributed by atoms with Crippen LogP contribution in [0.5, 0.6) is 0 Å². The molecule has 5 fully saturated rings. The molecule has 8 nitrogen and oxygen atoms in total. The van der Waals surface area contributed by atoms with Crippen molar-refractivity contribution in [2.75, 3.05) is 12.0 Å². The summed E-state index contributed by atoms with van der Waals surface area (Å²) in [6.07, 6.45) is 1.34. The lowest BCUT2D eigenvalue weighted by molar-refractivity contribution is -0.168. The van der Waals surface area contributed by atoms with Gasteiger partial charge in [0.1, 0.15) is 29.3 Å². The van der Waals surface area contributed by atoms with Crippen molar-refractivity contribution in [3.8, 4) is 0 Å². The van der Waals surface area contributed by atoms with Crippen molar-refractivity contribution in [3.63, 3.8) is 0 Å². The number of ether oxygens (including phenoxy) is 4. The zero-order valence-corrected chi connectivity index (χ0v) is 17.5. The van der Waals surface area contributed by atoms with Crippen LogP contribution in [0.25, 0.3) is 0 Å². The third kappa shape index (κ3) is 1.94. The Balaban J connectivity index is 1.52. The molecule has 0 aromatic heterocycles. The average molecular weight is 424 g/mol. The van der Waals surface area contributed by atoms with Crippen molar-refractivity contribution < 1.29 is 37.9 Å². The Labute approximate surface area is 170 Å². The topological polar surface area (TPSA) is 115 Å². The van der Waals surface area contributed by atoms with Crippen LogP contribution in [0.3, 0.4) is 0 Å². The molecule has 11 atom stereocenters. The minimum Gasteiger partial charge on any atom is -0.459 e. The minimum atomic E-state index is -1.56. The number of carbonyl (C=O) groups is 2. The van der Waals surface area contributed by atoms with E-state index in [0.717, 1.165) is 5.57 Å². The quantitative estimate of drug-likeness (QED) is 0.491. The second-order valence-corrected chi connectivity index (χ2v) is 11.6. The highest BCUT2D eigenvalue weighted by Crippen LogP contribution is 2.75. The molecule has 0 unspecified atom stereocenters. The van der Waals surface area contributed by atoms with Crippen LogP contribution in [0.15, 0.2) is 11.6 Å². The van der Waals surface area contributed by atoms with Gasteiger partial charge in [-0.15, -0.1) is 0 Å². The summed E-state index contributed by atoms with van der Waals surface area (Å²) >= 11 is 0. The molecule has 3 saturated heterocycles. The van der Waals surface area contributed by atoms with Gasteiger partial charge in [0.05, 0.1) is 11.9 Å². The summed E-state index contributed by atoms with van der Waals surface area (Å²) in [4.78, 5) is 25.5. The van der Waals surface area contributed by atoms with E-state index in [9.17, 15) is 18.9 Å². The molecule has 1 spiro atoms. The van der Waals surface area contributed by atoms with Crippen LogP contribution >= 0.6 is 0 Å². The van der Waals surface area contributed by atoms with Crippen LogP contribution < -0.4 is 0 Å². The maximum absolute atomic E-state index is 12.9. The number of carbonyl (C=O) groups excluding carboxylic acids is 2. The molecule has 4 aliphatic heterocycles. The van der Waals surface area contributed by atoms with Crippen molar-refractivity contribution in [2.45, 2.75) is 68.9 Å². The molecule has 0 radical (unpaired) electrons. The fourth-order valence-electron chi connectivity index (χ4n) is 7.20. The molecular weight excluding hydrogens is 400 g/mol. The first-order valence-corrected chi connectivity index (χ1v) is 11.7. The standard InChI is InChI=1S/C20H24O8S/c1-17-6-8-13(25-8)19(3)12(17)11(27-16(19)22)14-20(28-14)9(17)5-10(21)26-15(20)18(2,23)7-29(4)24/h5,8,11-15,23H,6-7H2,1-4H3/t8-,11-,12+,13-,14+,15+,17+,18-,19+,20-,29+/m0/s1. The Bertz CT molecular complexity index is 927. The first-order chi connectivity index (χ1) is 13.5. The van der Waals surface area contributed by atoms with Crippen LogP contribution in [0.1, 0.15) is 27.2 Å². The average Bonchev–Trinajstić information content (AvgIpc) is 3.48. The molecule has 2 aliphatic carbocycles. The molecule has 0 bridgehead atoms. The lowest BCUT2D eigenvalue weighted by Crippen LogP contribution is -2.65. The third-order valence-corrected chi connectivity index (χ3v) is 9.10. The number of epoxide rings is 2. The fourth-order valence-corrected chi connectivity index (χ4v) is 8.18. The fraction of sp³-hybridized carbons (Fsp3) is 0.800. The van der Waals surface area contributed by atoms with Crippen LogP contribution in [-0.2, 0) is 39.3 Å². The van der Waals surface area contributed by atoms with Gasteiger partial charge in [-0.3, -0.25) is 9.00 Å². The van der Waals surface area contributed by atoms with E-state index >= 15 is 0 Å². The monoisotopic (exact) mass is 424 g/mol. The molecule has 0 aromatic carbocycles. The Morgan fingerprint density at radius 1 is 1.28 bits per heavy atom. The summed E-state index contributed by atoms with van der Waals surface area (Å²) in [7, 11) is -1.31. The number of esters is 2. The van der Waals surface area contributed by atoms with E-state index in [1.165, 1.54) is 19.3 Å². The number of fused-ring (bicyclic) bond motifs is 4. The predicted molar refractivity (Wildman–Crippen MR) is 98.0 cm³/mol. The van der Waals surface area contributed by atoms with Gasteiger partial charge >= 0.3 is 11.9 Å². The number of aliphatic hydroxyl groups is 1. The maximum atomic E-state index is 12.9. The van der Waals surface area contributed by atoms with E-state index in [2.05, 4.69) is 0 Å². The smallest absolute Gasteiger partial charge is 0.331 e. The predicted octanol–water partition coefficient (Wildman–Crippen LogP) is -0.156. The Morgan fingerprint density at radius 2 is 2.00 bits per heavy atom. The summed E-state index contributed by atoms with van der Waals surface area (Å²) in [6.45, 7) is 5.45. The first kappa shape index (κ1) is 18.5. The molecule has 158 valence electrons. The molecule has 0 aromatic rings. The first-order valence-electron chi connectivity index (χ1n) is 9.96. The molecule has 6 aliphatic rings.